The van der Waals surface area contributed by atoms with Crippen molar-refractivity contribution in [3.05, 3.63) is 93.6 Å². The standard InChI is InChI=1S/C27H22Cl2N2O6/c1-34-21-13-12-16(14-17(21)15-37-25-19(28)10-7-11-20(25)29)23-22(26(32)35-2)24(27(33)36-3)31(30-23)18-8-5-4-6-9-18/h4-14H,15H2,1-3H3. The van der Waals surface area contributed by atoms with E-state index in [1.807, 2.05) is 6.07 Å². The number of aromatic nitrogens is 2. The van der Waals surface area contributed by atoms with Crippen LogP contribution in [0.2, 0.25) is 10.0 Å². The first-order chi connectivity index (χ1) is 17.9. The summed E-state index contributed by atoms with van der Waals surface area (Å²) in [7, 11) is 3.99. The Morgan fingerprint density at radius 3 is 2.16 bits per heavy atom. The van der Waals surface area contributed by atoms with Crippen LogP contribution in [0.3, 0.4) is 0 Å². The van der Waals surface area contributed by atoms with E-state index < -0.39 is 11.9 Å². The Labute approximate surface area is 223 Å². The summed E-state index contributed by atoms with van der Waals surface area (Å²) in [5.74, 6) is -0.625. The Morgan fingerprint density at radius 2 is 1.54 bits per heavy atom. The van der Waals surface area contributed by atoms with Gasteiger partial charge in [0, 0.05) is 11.1 Å². The van der Waals surface area contributed by atoms with Crippen LogP contribution in [-0.4, -0.2) is 43.0 Å². The number of rotatable bonds is 8. The zero-order valence-corrected chi connectivity index (χ0v) is 21.7. The minimum atomic E-state index is -0.742. The lowest BCUT2D eigenvalue weighted by Gasteiger charge is -2.13. The van der Waals surface area contributed by atoms with Crippen LogP contribution in [0.15, 0.2) is 66.7 Å². The van der Waals surface area contributed by atoms with Crippen LogP contribution >= 0.6 is 23.2 Å². The molecule has 0 atom stereocenters. The molecule has 0 radical (unpaired) electrons. The SMILES string of the molecule is COC(=O)c1c(-c2ccc(OC)c(COc3c(Cl)cccc3Cl)c2)nn(-c2ccccc2)c1C(=O)OC. The van der Waals surface area contributed by atoms with Crippen molar-refractivity contribution in [2.45, 2.75) is 6.61 Å². The molecule has 0 aliphatic carbocycles. The van der Waals surface area contributed by atoms with Crippen molar-refractivity contribution in [3.8, 4) is 28.4 Å². The lowest BCUT2D eigenvalue weighted by atomic mass is 10.0. The van der Waals surface area contributed by atoms with Crippen molar-refractivity contribution in [1.29, 1.82) is 0 Å². The molecule has 0 unspecified atom stereocenters. The molecule has 190 valence electrons. The predicted octanol–water partition coefficient (Wildman–Crippen LogP) is 6.01. The third-order valence-electron chi connectivity index (χ3n) is 5.50. The number of nitrogens with zero attached hydrogens (tertiary/aromatic N) is 2. The third kappa shape index (κ3) is 5.26. The molecule has 0 aliphatic heterocycles. The highest BCUT2D eigenvalue weighted by Gasteiger charge is 2.31. The van der Waals surface area contributed by atoms with Gasteiger partial charge < -0.3 is 18.9 Å². The van der Waals surface area contributed by atoms with Gasteiger partial charge in [0.25, 0.3) is 0 Å². The predicted molar refractivity (Wildman–Crippen MR) is 139 cm³/mol. The maximum Gasteiger partial charge on any atom is 0.357 e. The number of carbonyl (C=O) groups excluding carboxylic acids is 2. The van der Waals surface area contributed by atoms with Crippen molar-refractivity contribution in [2.75, 3.05) is 21.3 Å². The molecule has 0 amide bonds. The number of halogens is 2. The van der Waals surface area contributed by atoms with Crippen molar-refractivity contribution >= 4 is 35.1 Å². The molecule has 0 aliphatic rings. The van der Waals surface area contributed by atoms with Gasteiger partial charge >= 0.3 is 11.9 Å². The first-order valence-electron chi connectivity index (χ1n) is 11.0. The van der Waals surface area contributed by atoms with Gasteiger partial charge in [0.2, 0.25) is 0 Å². The Morgan fingerprint density at radius 1 is 0.865 bits per heavy atom. The molecule has 1 aromatic heterocycles. The van der Waals surface area contributed by atoms with E-state index in [4.69, 9.17) is 42.1 Å². The molecule has 0 fully saturated rings. The van der Waals surface area contributed by atoms with Gasteiger partial charge in [-0.2, -0.15) is 5.10 Å². The molecule has 3 aromatic carbocycles. The summed E-state index contributed by atoms with van der Waals surface area (Å²) in [6, 6.07) is 19.1. The summed E-state index contributed by atoms with van der Waals surface area (Å²) in [4.78, 5) is 25.8. The second kappa shape index (κ2) is 11.4. The number of methoxy groups -OCH3 is 3. The zero-order valence-electron chi connectivity index (χ0n) is 20.2. The van der Waals surface area contributed by atoms with Gasteiger partial charge in [-0.3, -0.25) is 0 Å². The molecule has 10 heteroatoms. The molecule has 0 N–H and O–H groups in total. The van der Waals surface area contributed by atoms with Gasteiger partial charge in [0.15, 0.2) is 11.4 Å². The van der Waals surface area contributed by atoms with Gasteiger partial charge in [0.05, 0.1) is 37.1 Å². The lowest BCUT2D eigenvalue weighted by molar-refractivity contribution is 0.0549. The van der Waals surface area contributed by atoms with Crippen LogP contribution in [-0.2, 0) is 16.1 Å². The normalized spacial score (nSPS) is 10.6. The van der Waals surface area contributed by atoms with Crippen LogP contribution in [0.4, 0.5) is 0 Å². The summed E-state index contributed by atoms with van der Waals surface area (Å²) >= 11 is 12.5. The van der Waals surface area contributed by atoms with E-state index >= 15 is 0 Å². The first-order valence-corrected chi connectivity index (χ1v) is 11.7. The average molecular weight is 541 g/mol. The van der Waals surface area contributed by atoms with Gasteiger partial charge in [-0.15, -0.1) is 0 Å². The van der Waals surface area contributed by atoms with E-state index in [9.17, 15) is 9.59 Å². The van der Waals surface area contributed by atoms with Crippen LogP contribution < -0.4 is 9.47 Å². The monoisotopic (exact) mass is 540 g/mol. The first kappa shape index (κ1) is 26.1. The van der Waals surface area contributed by atoms with Crippen LogP contribution in [0, 0.1) is 0 Å². The van der Waals surface area contributed by atoms with Crippen molar-refractivity contribution in [3.63, 3.8) is 0 Å². The smallest absolute Gasteiger partial charge is 0.357 e. The zero-order chi connectivity index (χ0) is 26.5. The molecule has 4 aromatic rings. The third-order valence-corrected chi connectivity index (χ3v) is 6.09. The fourth-order valence-electron chi connectivity index (χ4n) is 3.77. The van der Waals surface area contributed by atoms with Crippen LogP contribution in [0.1, 0.15) is 26.4 Å². The topological polar surface area (TPSA) is 88.9 Å². The highest BCUT2D eigenvalue weighted by molar-refractivity contribution is 6.37. The van der Waals surface area contributed by atoms with Gasteiger partial charge in [-0.25, -0.2) is 14.3 Å². The summed E-state index contributed by atoms with van der Waals surface area (Å²) in [5.41, 5.74) is 1.82. The number of ether oxygens (including phenoxy) is 4. The Kier molecular flexibility index (Phi) is 8.01. The maximum atomic E-state index is 12.9. The molecule has 4 rings (SSSR count). The highest BCUT2D eigenvalue weighted by atomic mass is 35.5. The number of hydrogen-bond acceptors (Lipinski definition) is 7. The van der Waals surface area contributed by atoms with E-state index in [-0.39, 0.29) is 23.6 Å². The molecule has 8 nitrogen and oxygen atoms in total. The largest absolute Gasteiger partial charge is 0.496 e. The van der Waals surface area contributed by atoms with Crippen molar-refractivity contribution < 1.29 is 28.5 Å². The van der Waals surface area contributed by atoms with Crippen molar-refractivity contribution in [1.82, 2.24) is 9.78 Å². The Balaban J connectivity index is 1.86. The van der Waals surface area contributed by atoms with E-state index in [0.717, 1.165) is 0 Å². The number of para-hydroxylation sites is 2. The average Bonchev–Trinajstić information content (AvgIpc) is 3.33. The Hall–Kier alpha value is -4.01. The minimum absolute atomic E-state index is 0.0376. The number of carbonyl (C=O) groups is 2. The van der Waals surface area contributed by atoms with Crippen LogP contribution in [0.25, 0.3) is 16.9 Å². The van der Waals surface area contributed by atoms with E-state index in [2.05, 4.69) is 5.10 Å². The number of benzene rings is 3. The number of hydrogen-bond donors (Lipinski definition) is 0. The lowest BCUT2D eigenvalue weighted by Crippen LogP contribution is -2.15. The molecule has 0 saturated heterocycles. The second-order valence-corrected chi connectivity index (χ2v) is 8.48. The van der Waals surface area contributed by atoms with Gasteiger partial charge in [0.1, 0.15) is 23.6 Å². The maximum absolute atomic E-state index is 12.9. The van der Waals surface area contributed by atoms with E-state index in [1.54, 1.807) is 60.7 Å². The molecule has 1 heterocycles. The van der Waals surface area contributed by atoms with Gasteiger partial charge in [-0.05, 0) is 42.5 Å². The molecular weight excluding hydrogens is 519 g/mol. The summed E-state index contributed by atoms with van der Waals surface area (Å²) in [5, 5.41) is 5.35. The van der Waals surface area contributed by atoms with E-state index in [0.29, 0.717) is 38.4 Å². The quantitative estimate of drug-likeness (QED) is 0.253. The van der Waals surface area contributed by atoms with E-state index in [1.165, 1.54) is 26.0 Å². The molecular formula is C27H22Cl2N2O6. The summed E-state index contributed by atoms with van der Waals surface area (Å²) in [6.45, 7) is 0.0529. The highest BCUT2D eigenvalue weighted by Crippen LogP contribution is 2.35. The molecule has 0 spiro atoms. The van der Waals surface area contributed by atoms with Crippen molar-refractivity contribution in [2.24, 2.45) is 0 Å². The Bertz CT molecular complexity index is 1430. The fraction of sp³-hybridized carbons (Fsp3) is 0.148. The number of esters is 2. The second-order valence-electron chi connectivity index (χ2n) is 7.67. The fourth-order valence-corrected chi connectivity index (χ4v) is 4.27. The van der Waals surface area contributed by atoms with Gasteiger partial charge in [-0.1, -0.05) is 47.5 Å². The summed E-state index contributed by atoms with van der Waals surface area (Å²) < 4.78 is 22.8. The molecule has 0 saturated carbocycles. The van der Waals surface area contributed by atoms with Crippen LogP contribution in [0.5, 0.6) is 11.5 Å². The minimum Gasteiger partial charge on any atom is -0.496 e. The molecule has 0 bridgehead atoms. The summed E-state index contributed by atoms with van der Waals surface area (Å²) in [6.07, 6.45) is 0. The molecule has 37 heavy (non-hydrogen) atoms.